The number of imidazole rings is 1. The van der Waals surface area contributed by atoms with Crippen LogP contribution in [0.15, 0.2) is 72.0 Å². The van der Waals surface area contributed by atoms with E-state index >= 15 is 0 Å². The smallest absolute Gasteiger partial charge is 0.332 e. The number of nitrogens with two attached hydrogens (primary N) is 1. The van der Waals surface area contributed by atoms with Crippen LogP contribution in [0.25, 0.3) is 16.9 Å². The Labute approximate surface area is 182 Å². The first-order chi connectivity index (χ1) is 15.5. The first-order valence-corrected chi connectivity index (χ1v) is 10.1. The van der Waals surface area contributed by atoms with Gasteiger partial charge in [0.25, 0.3) is 0 Å². The van der Waals surface area contributed by atoms with Crippen LogP contribution in [0.3, 0.4) is 0 Å². The number of rotatable bonds is 5. The third kappa shape index (κ3) is 3.39. The van der Waals surface area contributed by atoms with Gasteiger partial charge in [-0.2, -0.15) is 0 Å². The number of likely N-dealkylation sites (tertiary alicyclic amines) is 1. The van der Waals surface area contributed by atoms with E-state index < -0.39 is 0 Å². The lowest BCUT2D eigenvalue weighted by molar-refractivity contribution is -0.130. The van der Waals surface area contributed by atoms with Gasteiger partial charge in [-0.05, 0) is 42.5 Å². The second-order valence-electron chi connectivity index (χ2n) is 7.48. The number of carbonyl (C=O) groups is 1. The average Bonchev–Trinajstić information content (AvgIpc) is 3.10. The largest absolute Gasteiger partial charge is 0.457 e. The van der Waals surface area contributed by atoms with Gasteiger partial charge in [0.15, 0.2) is 11.5 Å². The lowest BCUT2D eigenvalue weighted by atomic mass is 9.99. The molecule has 0 radical (unpaired) electrons. The number of nitrogen functional groups attached to an aromatic ring is 1. The Kier molecular flexibility index (Phi) is 4.70. The van der Waals surface area contributed by atoms with Gasteiger partial charge in [0.1, 0.15) is 22.8 Å². The number of hydrogen-bond acceptors (Lipinski definition) is 6. The molecule has 3 N–H and O–H groups in total. The maximum atomic E-state index is 12.7. The summed E-state index contributed by atoms with van der Waals surface area (Å²) in [5, 5.41) is 0. The van der Waals surface area contributed by atoms with Crippen molar-refractivity contribution in [1.82, 2.24) is 24.4 Å². The van der Waals surface area contributed by atoms with Crippen LogP contribution < -0.4 is 16.2 Å². The molecule has 0 bridgehead atoms. The summed E-state index contributed by atoms with van der Waals surface area (Å²) in [6, 6.07) is 16.5. The lowest BCUT2D eigenvalue weighted by Gasteiger charge is -2.37. The van der Waals surface area contributed by atoms with Crippen molar-refractivity contribution in [2.75, 3.05) is 18.8 Å². The standard InChI is InChI=1S/C23H20N6O3/c1-2-18(30)28-12-14(13-28)21-25-20(24)19-22(26-21)27-23(31)29(19)15-8-10-17(11-9-15)32-16-6-4-3-5-7-16/h2-11,14H,1,12-13H2,(H3,24,25,26,27,31). The average molecular weight is 428 g/mol. The Bertz CT molecular complexity index is 1370. The van der Waals surface area contributed by atoms with Crippen LogP contribution in [0.1, 0.15) is 11.7 Å². The molecule has 2 aromatic carbocycles. The SMILES string of the molecule is C=CC(=O)N1CC(c2nc(N)c3c(n2)[nH]c(=O)n3-c2ccc(Oc3ccccc3)cc2)C1. The summed E-state index contributed by atoms with van der Waals surface area (Å²) < 4.78 is 7.25. The van der Waals surface area contributed by atoms with Crippen molar-refractivity contribution in [1.29, 1.82) is 0 Å². The van der Waals surface area contributed by atoms with Gasteiger partial charge in [0, 0.05) is 13.1 Å². The van der Waals surface area contributed by atoms with Crippen LogP contribution >= 0.6 is 0 Å². The summed E-state index contributed by atoms with van der Waals surface area (Å²) >= 11 is 0. The second kappa shape index (κ2) is 7.69. The second-order valence-corrected chi connectivity index (χ2v) is 7.48. The highest BCUT2D eigenvalue weighted by Crippen LogP contribution is 2.28. The number of amides is 1. The Morgan fingerprint density at radius 2 is 1.78 bits per heavy atom. The number of nitrogens with one attached hydrogen (secondary N) is 1. The molecule has 9 heteroatoms. The molecule has 9 nitrogen and oxygen atoms in total. The zero-order valence-corrected chi connectivity index (χ0v) is 17.1. The monoisotopic (exact) mass is 428 g/mol. The summed E-state index contributed by atoms with van der Waals surface area (Å²) in [5.41, 5.74) is 7.23. The Hall–Kier alpha value is -4.40. The topological polar surface area (TPSA) is 119 Å². The maximum Gasteiger partial charge on any atom is 0.332 e. The molecule has 1 aliphatic heterocycles. The molecule has 5 rings (SSSR count). The minimum Gasteiger partial charge on any atom is -0.457 e. The van der Waals surface area contributed by atoms with Gasteiger partial charge < -0.3 is 15.4 Å². The number of ether oxygens (including phenoxy) is 1. The number of nitrogens with zero attached hydrogens (tertiary/aromatic N) is 4. The number of aromatic nitrogens is 4. The Morgan fingerprint density at radius 3 is 2.47 bits per heavy atom. The number of H-pyrrole nitrogens is 1. The Morgan fingerprint density at radius 1 is 1.09 bits per heavy atom. The summed E-state index contributed by atoms with van der Waals surface area (Å²) in [6.45, 7) is 4.47. The highest BCUT2D eigenvalue weighted by molar-refractivity contribution is 5.88. The molecule has 3 heterocycles. The lowest BCUT2D eigenvalue weighted by Crippen LogP contribution is -2.48. The zero-order valence-electron chi connectivity index (χ0n) is 17.1. The van der Waals surface area contributed by atoms with E-state index in [0.29, 0.717) is 41.5 Å². The van der Waals surface area contributed by atoms with E-state index in [4.69, 9.17) is 10.5 Å². The molecule has 0 aliphatic carbocycles. The molecule has 1 saturated heterocycles. The number of anilines is 1. The van der Waals surface area contributed by atoms with Crippen molar-refractivity contribution in [3.8, 4) is 17.2 Å². The quantitative estimate of drug-likeness (QED) is 0.472. The Balaban J connectivity index is 1.44. The summed E-state index contributed by atoms with van der Waals surface area (Å²) in [5.74, 6) is 1.90. The van der Waals surface area contributed by atoms with Gasteiger partial charge in [-0.15, -0.1) is 0 Å². The van der Waals surface area contributed by atoms with Crippen LogP contribution in [-0.2, 0) is 4.79 Å². The van der Waals surface area contributed by atoms with Crippen molar-refractivity contribution in [3.05, 3.63) is 83.6 Å². The van der Waals surface area contributed by atoms with Gasteiger partial charge in [0.05, 0.1) is 11.6 Å². The van der Waals surface area contributed by atoms with Gasteiger partial charge in [0.2, 0.25) is 5.91 Å². The third-order valence-corrected chi connectivity index (χ3v) is 5.39. The van der Waals surface area contributed by atoms with E-state index in [9.17, 15) is 9.59 Å². The van der Waals surface area contributed by atoms with Crippen molar-refractivity contribution < 1.29 is 9.53 Å². The van der Waals surface area contributed by atoms with Crippen molar-refractivity contribution in [3.63, 3.8) is 0 Å². The first kappa shape index (κ1) is 19.6. The highest BCUT2D eigenvalue weighted by Gasteiger charge is 2.33. The van der Waals surface area contributed by atoms with Crippen LogP contribution in [0.4, 0.5) is 5.82 Å². The minimum atomic E-state index is -0.369. The molecule has 160 valence electrons. The van der Waals surface area contributed by atoms with E-state index in [1.165, 1.54) is 10.6 Å². The molecule has 1 amide bonds. The van der Waals surface area contributed by atoms with E-state index in [0.717, 1.165) is 5.75 Å². The van der Waals surface area contributed by atoms with Gasteiger partial charge in [-0.3, -0.25) is 14.3 Å². The number of fused-ring (bicyclic) bond motifs is 1. The van der Waals surface area contributed by atoms with Crippen molar-refractivity contribution in [2.45, 2.75) is 5.92 Å². The highest BCUT2D eigenvalue weighted by atomic mass is 16.5. The minimum absolute atomic E-state index is 0.0353. The summed E-state index contributed by atoms with van der Waals surface area (Å²) in [6.07, 6.45) is 1.28. The molecule has 2 aromatic heterocycles. The fourth-order valence-electron chi connectivity index (χ4n) is 3.72. The number of para-hydroxylation sites is 1. The van der Waals surface area contributed by atoms with Gasteiger partial charge in [-0.1, -0.05) is 24.8 Å². The van der Waals surface area contributed by atoms with Crippen LogP contribution in [0.5, 0.6) is 11.5 Å². The van der Waals surface area contributed by atoms with Crippen LogP contribution in [-0.4, -0.2) is 43.4 Å². The van der Waals surface area contributed by atoms with Crippen molar-refractivity contribution in [2.24, 2.45) is 0 Å². The fourth-order valence-corrected chi connectivity index (χ4v) is 3.72. The van der Waals surface area contributed by atoms with Gasteiger partial charge >= 0.3 is 5.69 Å². The molecular weight excluding hydrogens is 408 g/mol. The summed E-state index contributed by atoms with van der Waals surface area (Å²) in [4.78, 5) is 37.7. The molecule has 4 aromatic rings. The molecule has 0 atom stereocenters. The van der Waals surface area contributed by atoms with Crippen LogP contribution in [0, 0.1) is 0 Å². The first-order valence-electron chi connectivity index (χ1n) is 10.1. The molecule has 0 unspecified atom stereocenters. The van der Waals surface area contributed by atoms with E-state index in [-0.39, 0.29) is 23.3 Å². The number of benzene rings is 2. The van der Waals surface area contributed by atoms with Crippen molar-refractivity contribution >= 4 is 22.9 Å². The third-order valence-electron chi connectivity index (χ3n) is 5.39. The predicted molar refractivity (Wildman–Crippen MR) is 120 cm³/mol. The molecule has 1 aliphatic rings. The van der Waals surface area contributed by atoms with Gasteiger partial charge in [-0.25, -0.2) is 14.8 Å². The number of hydrogen-bond donors (Lipinski definition) is 2. The van der Waals surface area contributed by atoms with E-state index in [1.54, 1.807) is 29.2 Å². The van der Waals surface area contributed by atoms with E-state index in [1.807, 2.05) is 30.3 Å². The molecular formula is C23H20N6O3. The normalized spacial score (nSPS) is 13.7. The summed E-state index contributed by atoms with van der Waals surface area (Å²) in [7, 11) is 0. The zero-order chi connectivity index (χ0) is 22.2. The molecule has 0 saturated carbocycles. The molecule has 0 spiro atoms. The predicted octanol–water partition coefficient (Wildman–Crippen LogP) is 2.60. The number of aromatic amines is 1. The fraction of sp³-hybridized carbons (Fsp3) is 0.130. The molecule has 1 fully saturated rings. The maximum absolute atomic E-state index is 12.7. The van der Waals surface area contributed by atoms with Crippen LogP contribution in [0.2, 0.25) is 0 Å². The van der Waals surface area contributed by atoms with E-state index in [2.05, 4.69) is 21.5 Å². The molecule has 32 heavy (non-hydrogen) atoms. The number of carbonyl (C=O) groups excluding carboxylic acids is 1.